The molecule has 0 heterocycles. The molecule has 152 valence electrons. The van der Waals surface area contributed by atoms with E-state index < -0.39 is 21.5 Å². The molecule has 0 aromatic heterocycles. The van der Waals surface area contributed by atoms with E-state index in [0.29, 0.717) is 25.7 Å². The summed E-state index contributed by atoms with van der Waals surface area (Å²) >= 11 is 0. The van der Waals surface area contributed by atoms with Crippen LogP contribution in [0.1, 0.15) is 117 Å². The van der Waals surface area contributed by atoms with Crippen LogP contribution in [0.25, 0.3) is 0 Å². The Morgan fingerprint density at radius 3 is 1.58 bits per heavy atom. The molecule has 6 heteroatoms. The van der Waals surface area contributed by atoms with Gasteiger partial charge in [0.25, 0.3) is 0 Å². The second-order valence-corrected chi connectivity index (χ2v) is 9.11. The van der Waals surface area contributed by atoms with E-state index in [1.165, 1.54) is 57.8 Å². The average Bonchev–Trinajstić information content (AvgIpc) is 2.55. The minimum absolute atomic E-state index is 0. The molecule has 0 bridgehead atoms. The summed E-state index contributed by atoms with van der Waals surface area (Å²) in [6.45, 7) is 4.12. The first-order chi connectivity index (χ1) is 11.9. The van der Waals surface area contributed by atoms with Crippen LogP contribution in [0.5, 0.6) is 0 Å². The molecule has 0 aliphatic rings. The van der Waals surface area contributed by atoms with Crippen molar-refractivity contribution in [2.24, 2.45) is 0 Å². The SMILES string of the molecule is CCCCCCCCCCCCCC(O)CCC(CCC)S(=O)(=O)[O-].[Na+]. The molecule has 0 amide bonds. The number of aliphatic hydroxyl groups excluding tert-OH is 1. The van der Waals surface area contributed by atoms with Gasteiger partial charge in [-0.1, -0.05) is 90.9 Å². The standard InChI is InChI=1S/C20H42O4S.Na/c1-3-5-6-7-8-9-10-11-12-13-14-16-19(21)17-18-20(15-4-2)25(22,23)24;/h19-21H,3-18H2,1-2H3,(H,22,23,24);/q;+1/p-1. The zero-order valence-corrected chi connectivity index (χ0v) is 20.4. The van der Waals surface area contributed by atoms with Gasteiger partial charge in [0.15, 0.2) is 0 Å². The summed E-state index contributed by atoms with van der Waals surface area (Å²) in [6, 6.07) is 0. The topological polar surface area (TPSA) is 77.4 Å². The zero-order chi connectivity index (χ0) is 19.0. The van der Waals surface area contributed by atoms with Crippen LogP contribution in [0.3, 0.4) is 0 Å². The number of aliphatic hydroxyl groups is 1. The fourth-order valence-electron chi connectivity index (χ4n) is 3.32. The van der Waals surface area contributed by atoms with Gasteiger partial charge in [0.1, 0.15) is 0 Å². The van der Waals surface area contributed by atoms with Crippen molar-refractivity contribution in [3.63, 3.8) is 0 Å². The summed E-state index contributed by atoms with van der Waals surface area (Å²) < 4.78 is 33.5. The molecule has 2 atom stereocenters. The van der Waals surface area contributed by atoms with Crippen molar-refractivity contribution in [3.05, 3.63) is 0 Å². The van der Waals surface area contributed by atoms with E-state index in [-0.39, 0.29) is 29.6 Å². The van der Waals surface area contributed by atoms with Crippen LogP contribution in [0.2, 0.25) is 0 Å². The third kappa shape index (κ3) is 18.2. The second kappa shape index (κ2) is 19.2. The maximum Gasteiger partial charge on any atom is 1.00 e. The first kappa shape index (κ1) is 29.1. The average molecular weight is 401 g/mol. The van der Waals surface area contributed by atoms with Crippen LogP contribution in [-0.2, 0) is 10.1 Å². The molecule has 0 aliphatic carbocycles. The number of unbranched alkanes of at least 4 members (excludes halogenated alkanes) is 10. The van der Waals surface area contributed by atoms with Crippen LogP contribution >= 0.6 is 0 Å². The third-order valence-electron chi connectivity index (χ3n) is 4.98. The molecule has 0 saturated carbocycles. The number of rotatable bonds is 18. The van der Waals surface area contributed by atoms with Crippen LogP contribution in [0.4, 0.5) is 0 Å². The van der Waals surface area contributed by atoms with Crippen molar-refractivity contribution in [3.8, 4) is 0 Å². The maximum absolute atomic E-state index is 11.2. The van der Waals surface area contributed by atoms with Crippen LogP contribution < -0.4 is 29.6 Å². The quantitative estimate of drug-likeness (QED) is 0.218. The van der Waals surface area contributed by atoms with E-state index in [0.717, 1.165) is 19.3 Å². The van der Waals surface area contributed by atoms with Gasteiger partial charge in [-0.05, 0) is 25.7 Å². The van der Waals surface area contributed by atoms with Gasteiger partial charge in [0, 0.05) is 5.25 Å². The minimum atomic E-state index is -4.23. The fourth-order valence-corrected chi connectivity index (χ4v) is 4.27. The molecule has 0 fully saturated rings. The summed E-state index contributed by atoms with van der Waals surface area (Å²) in [6.07, 6.45) is 16.1. The van der Waals surface area contributed by atoms with Gasteiger partial charge >= 0.3 is 29.6 Å². The van der Waals surface area contributed by atoms with Gasteiger partial charge in [-0.25, -0.2) is 8.42 Å². The van der Waals surface area contributed by atoms with Gasteiger partial charge in [0.2, 0.25) is 0 Å². The largest absolute Gasteiger partial charge is 1.00 e. The van der Waals surface area contributed by atoms with E-state index in [2.05, 4.69) is 6.92 Å². The minimum Gasteiger partial charge on any atom is -0.748 e. The summed E-state index contributed by atoms with van der Waals surface area (Å²) in [5.41, 5.74) is 0. The Balaban J connectivity index is 0. The van der Waals surface area contributed by atoms with Crippen molar-refractivity contribution in [2.75, 3.05) is 0 Å². The Kier molecular flexibility index (Phi) is 21.5. The van der Waals surface area contributed by atoms with Crippen molar-refractivity contribution < 1.29 is 47.6 Å². The summed E-state index contributed by atoms with van der Waals surface area (Å²) in [5.74, 6) is 0. The Labute approximate surface area is 185 Å². The second-order valence-electron chi connectivity index (χ2n) is 7.46. The molecule has 0 aromatic carbocycles. The molecule has 0 aromatic rings. The van der Waals surface area contributed by atoms with Crippen LogP contribution in [-0.4, -0.2) is 29.4 Å². The number of hydrogen-bond donors (Lipinski definition) is 1. The molecular weight excluding hydrogens is 359 g/mol. The van der Waals surface area contributed by atoms with Crippen molar-refractivity contribution in [2.45, 2.75) is 128 Å². The van der Waals surface area contributed by atoms with E-state index in [1.54, 1.807) is 0 Å². The molecule has 0 spiro atoms. The van der Waals surface area contributed by atoms with E-state index >= 15 is 0 Å². The van der Waals surface area contributed by atoms with E-state index in [9.17, 15) is 18.1 Å². The molecule has 4 nitrogen and oxygen atoms in total. The van der Waals surface area contributed by atoms with Gasteiger partial charge in [-0.15, -0.1) is 0 Å². The number of hydrogen-bond acceptors (Lipinski definition) is 4. The molecule has 0 radical (unpaired) electrons. The predicted octanol–water partition coefficient (Wildman–Crippen LogP) is 2.55. The fraction of sp³-hybridized carbons (Fsp3) is 1.00. The summed E-state index contributed by atoms with van der Waals surface area (Å²) in [4.78, 5) is 0. The Morgan fingerprint density at radius 2 is 1.15 bits per heavy atom. The Morgan fingerprint density at radius 1 is 0.692 bits per heavy atom. The smallest absolute Gasteiger partial charge is 0.748 e. The predicted molar refractivity (Wildman–Crippen MR) is 105 cm³/mol. The molecule has 2 unspecified atom stereocenters. The van der Waals surface area contributed by atoms with Gasteiger partial charge in [-0.2, -0.15) is 0 Å². The van der Waals surface area contributed by atoms with E-state index in [4.69, 9.17) is 0 Å². The van der Waals surface area contributed by atoms with Gasteiger partial charge in [0.05, 0.1) is 16.2 Å². The van der Waals surface area contributed by atoms with E-state index in [1.807, 2.05) is 6.92 Å². The van der Waals surface area contributed by atoms with Gasteiger partial charge in [-0.3, -0.25) is 0 Å². The van der Waals surface area contributed by atoms with Crippen molar-refractivity contribution in [1.82, 2.24) is 0 Å². The molecule has 0 aliphatic heterocycles. The first-order valence-electron chi connectivity index (χ1n) is 10.5. The molecule has 1 N–H and O–H groups in total. The van der Waals surface area contributed by atoms with Crippen LogP contribution in [0.15, 0.2) is 0 Å². The Hall–Kier alpha value is 0.870. The zero-order valence-electron chi connectivity index (χ0n) is 17.5. The van der Waals surface area contributed by atoms with Crippen molar-refractivity contribution >= 4 is 10.1 Å². The van der Waals surface area contributed by atoms with Crippen LogP contribution in [0, 0.1) is 0 Å². The van der Waals surface area contributed by atoms with Crippen molar-refractivity contribution in [1.29, 1.82) is 0 Å². The normalized spacial score (nSPS) is 14.0. The molecule has 0 saturated heterocycles. The maximum atomic E-state index is 11.2. The first-order valence-corrected chi connectivity index (χ1v) is 12.0. The molecule has 0 rings (SSSR count). The van der Waals surface area contributed by atoms with Gasteiger partial charge < -0.3 is 9.66 Å². The molecular formula is C20H41NaO4S. The monoisotopic (exact) mass is 400 g/mol. The Bertz CT molecular complexity index is 387. The summed E-state index contributed by atoms with van der Waals surface area (Å²) in [5, 5.41) is 9.15. The summed E-state index contributed by atoms with van der Waals surface area (Å²) in [7, 11) is -4.23. The third-order valence-corrected chi connectivity index (χ3v) is 6.27. The molecule has 26 heavy (non-hydrogen) atoms.